The summed E-state index contributed by atoms with van der Waals surface area (Å²) < 4.78 is 4.25. The van der Waals surface area contributed by atoms with Crippen LogP contribution in [0.3, 0.4) is 0 Å². The van der Waals surface area contributed by atoms with Crippen molar-refractivity contribution in [1.29, 1.82) is 0 Å². The molecule has 0 heterocycles. The van der Waals surface area contributed by atoms with Crippen molar-refractivity contribution < 1.29 is 9.84 Å². The van der Waals surface area contributed by atoms with Gasteiger partial charge in [0.15, 0.2) is 0 Å². The van der Waals surface area contributed by atoms with Crippen molar-refractivity contribution in [1.82, 2.24) is 0 Å². The van der Waals surface area contributed by atoms with Gasteiger partial charge >= 0.3 is 0 Å². The summed E-state index contributed by atoms with van der Waals surface area (Å²) in [7, 11) is 3.25. The first-order chi connectivity index (χ1) is 6.33. The Bertz CT molecular complexity index is 116. The van der Waals surface area contributed by atoms with Crippen LogP contribution in [0.2, 0.25) is 0 Å². The van der Waals surface area contributed by atoms with Gasteiger partial charge in [0.05, 0.1) is 6.61 Å². The molecule has 1 aromatic carbocycles. The van der Waals surface area contributed by atoms with Crippen molar-refractivity contribution in [3.63, 3.8) is 0 Å². The molecule has 3 nitrogen and oxygen atoms in total. The van der Waals surface area contributed by atoms with Crippen molar-refractivity contribution in [3.8, 4) is 0 Å². The third-order valence-corrected chi connectivity index (χ3v) is 0.796. The Morgan fingerprint density at radius 3 is 1.23 bits per heavy atom. The van der Waals surface area contributed by atoms with Gasteiger partial charge in [0.2, 0.25) is 0 Å². The van der Waals surface area contributed by atoms with E-state index in [4.69, 9.17) is 10.8 Å². The zero-order valence-electron chi connectivity index (χ0n) is 8.31. The lowest BCUT2D eigenvalue weighted by Gasteiger charge is -1.71. The van der Waals surface area contributed by atoms with Crippen molar-refractivity contribution in [2.75, 3.05) is 27.4 Å². The lowest BCUT2D eigenvalue weighted by molar-refractivity contribution is 0.277. The van der Waals surface area contributed by atoms with E-state index < -0.39 is 0 Å². The van der Waals surface area contributed by atoms with Crippen molar-refractivity contribution >= 4 is 0 Å². The molecule has 0 radical (unpaired) electrons. The minimum absolute atomic E-state index is 0.0972. The van der Waals surface area contributed by atoms with Gasteiger partial charge in [-0.25, -0.2) is 0 Å². The fourth-order valence-corrected chi connectivity index (χ4v) is 0.385. The molecular formula is C10H19NO2. The zero-order chi connectivity index (χ0) is 10.4. The van der Waals surface area contributed by atoms with E-state index in [-0.39, 0.29) is 6.61 Å². The molecule has 0 aliphatic heterocycles. The second-order valence-corrected chi connectivity index (χ2v) is 2.08. The summed E-state index contributed by atoms with van der Waals surface area (Å²) in [5.74, 6) is 0. The number of aliphatic hydroxyl groups is 1. The quantitative estimate of drug-likeness (QED) is 0.683. The molecule has 3 N–H and O–H groups in total. The molecular weight excluding hydrogens is 166 g/mol. The van der Waals surface area contributed by atoms with E-state index in [2.05, 4.69) is 4.74 Å². The maximum atomic E-state index is 7.75. The fourth-order valence-electron chi connectivity index (χ4n) is 0.385. The summed E-state index contributed by atoms with van der Waals surface area (Å²) in [4.78, 5) is 0. The number of hydrogen-bond acceptors (Lipinski definition) is 3. The van der Waals surface area contributed by atoms with Gasteiger partial charge in [-0.05, 0) is 0 Å². The second kappa shape index (κ2) is 17.3. The summed E-state index contributed by atoms with van der Waals surface area (Å²) >= 11 is 0. The van der Waals surface area contributed by atoms with Crippen LogP contribution in [-0.4, -0.2) is 32.5 Å². The molecule has 76 valence electrons. The van der Waals surface area contributed by atoms with E-state index in [0.717, 1.165) is 0 Å². The first-order valence-corrected chi connectivity index (χ1v) is 4.04. The SMILES string of the molecule is COC.NCCO.c1ccccc1. The molecule has 0 saturated heterocycles. The van der Waals surface area contributed by atoms with Crippen molar-refractivity contribution in [3.05, 3.63) is 36.4 Å². The van der Waals surface area contributed by atoms with Gasteiger partial charge in [0, 0.05) is 20.8 Å². The highest BCUT2D eigenvalue weighted by Gasteiger charge is 1.58. The largest absolute Gasteiger partial charge is 0.395 e. The molecule has 1 rings (SSSR count). The van der Waals surface area contributed by atoms with Crippen LogP contribution in [0, 0.1) is 0 Å². The van der Waals surface area contributed by atoms with E-state index in [1.54, 1.807) is 14.2 Å². The molecule has 0 saturated carbocycles. The van der Waals surface area contributed by atoms with Gasteiger partial charge in [0.25, 0.3) is 0 Å². The van der Waals surface area contributed by atoms with E-state index >= 15 is 0 Å². The van der Waals surface area contributed by atoms with Crippen LogP contribution in [-0.2, 0) is 4.74 Å². The molecule has 0 bridgehead atoms. The minimum Gasteiger partial charge on any atom is -0.395 e. The van der Waals surface area contributed by atoms with E-state index in [9.17, 15) is 0 Å². The topological polar surface area (TPSA) is 55.5 Å². The predicted molar refractivity (Wildman–Crippen MR) is 55.5 cm³/mol. The molecule has 1 aromatic rings. The lowest BCUT2D eigenvalue weighted by atomic mass is 10.4. The average molecular weight is 185 g/mol. The van der Waals surface area contributed by atoms with Crippen molar-refractivity contribution in [2.24, 2.45) is 5.73 Å². The highest BCUT2D eigenvalue weighted by atomic mass is 16.4. The van der Waals surface area contributed by atoms with Gasteiger partial charge in [-0.1, -0.05) is 36.4 Å². The Morgan fingerprint density at radius 1 is 1.00 bits per heavy atom. The molecule has 0 fully saturated rings. The third-order valence-electron chi connectivity index (χ3n) is 0.796. The van der Waals surface area contributed by atoms with Gasteiger partial charge in [-0.2, -0.15) is 0 Å². The fraction of sp³-hybridized carbons (Fsp3) is 0.400. The number of nitrogens with two attached hydrogens (primary N) is 1. The summed E-state index contributed by atoms with van der Waals surface area (Å²) in [6.07, 6.45) is 0. The molecule has 0 aliphatic carbocycles. The molecule has 13 heavy (non-hydrogen) atoms. The van der Waals surface area contributed by atoms with Crippen LogP contribution in [0.15, 0.2) is 36.4 Å². The Labute approximate surface area is 80.2 Å². The number of benzene rings is 1. The number of ether oxygens (including phenoxy) is 1. The van der Waals surface area contributed by atoms with Gasteiger partial charge in [-0.3, -0.25) is 0 Å². The van der Waals surface area contributed by atoms with Crippen LogP contribution in [0.1, 0.15) is 0 Å². The predicted octanol–water partition coefficient (Wildman–Crippen LogP) is 0.887. The van der Waals surface area contributed by atoms with Crippen LogP contribution < -0.4 is 5.73 Å². The van der Waals surface area contributed by atoms with Crippen molar-refractivity contribution in [2.45, 2.75) is 0 Å². The first kappa shape index (κ1) is 14.6. The Morgan fingerprint density at radius 2 is 1.15 bits per heavy atom. The molecule has 0 aliphatic rings. The van der Waals surface area contributed by atoms with Crippen LogP contribution >= 0.6 is 0 Å². The Kier molecular flexibility index (Phi) is 19.4. The normalized spacial score (nSPS) is 7.38. The summed E-state index contributed by atoms with van der Waals surface area (Å²) in [5, 5.41) is 7.75. The lowest BCUT2D eigenvalue weighted by Crippen LogP contribution is -2.02. The molecule has 0 aromatic heterocycles. The number of methoxy groups -OCH3 is 1. The average Bonchev–Trinajstić information content (AvgIpc) is 2.22. The summed E-state index contributed by atoms with van der Waals surface area (Å²) in [6, 6.07) is 12.0. The summed E-state index contributed by atoms with van der Waals surface area (Å²) in [6.45, 7) is 0.472. The first-order valence-electron chi connectivity index (χ1n) is 4.04. The highest BCUT2D eigenvalue weighted by molar-refractivity contribution is 4.99. The standard InChI is InChI=1S/C6H6.C2H7NO.C2H6O/c1-2-4-6-5-3-1;3-1-2-4;1-3-2/h1-6H;4H,1-3H2;1-2H3. The monoisotopic (exact) mass is 185 g/mol. The van der Waals surface area contributed by atoms with Gasteiger partial charge in [0.1, 0.15) is 0 Å². The molecule has 3 heteroatoms. The smallest absolute Gasteiger partial charge is 0.0553 e. The van der Waals surface area contributed by atoms with E-state index in [1.807, 2.05) is 36.4 Å². The second-order valence-electron chi connectivity index (χ2n) is 2.08. The Balaban J connectivity index is 0. The van der Waals surface area contributed by atoms with Crippen LogP contribution in [0.4, 0.5) is 0 Å². The van der Waals surface area contributed by atoms with Crippen LogP contribution in [0.5, 0.6) is 0 Å². The third kappa shape index (κ3) is 24.7. The minimum atomic E-state index is 0.0972. The molecule has 0 spiro atoms. The van der Waals surface area contributed by atoms with E-state index in [0.29, 0.717) is 6.54 Å². The van der Waals surface area contributed by atoms with Crippen LogP contribution in [0.25, 0.3) is 0 Å². The number of aliphatic hydroxyl groups excluding tert-OH is 1. The highest BCUT2D eigenvalue weighted by Crippen LogP contribution is 1.79. The van der Waals surface area contributed by atoms with Gasteiger partial charge < -0.3 is 15.6 Å². The molecule has 0 amide bonds. The molecule has 0 unspecified atom stereocenters. The zero-order valence-corrected chi connectivity index (χ0v) is 8.31. The maximum Gasteiger partial charge on any atom is 0.0553 e. The van der Waals surface area contributed by atoms with Gasteiger partial charge in [-0.15, -0.1) is 0 Å². The Hall–Kier alpha value is -0.900. The number of hydrogen-bond donors (Lipinski definition) is 2. The molecule has 0 atom stereocenters. The summed E-state index contributed by atoms with van der Waals surface area (Å²) in [5.41, 5.74) is 4.78. The number of rotatable bonds is 1. The van der Waals surface area contributed by atoms with E-state index in [1.165, 1.54) is 0 Å². The maximum absolute atomic E-state index is 7.75.